The molecule has 86 valence electrons. The van der Waals surface area contributed by atoms with E-state index in [1.54, 1.807) is 6.92 Å². The molecule has 0 radical (unpaired) electrons. The normalized spacial score (nSPS) is 23.1. The standard InChI is InChI=1S/C10H18N2O3/c1-7(13)4-5-9(14)12-8-3-2-6-11-10(8)15/h7-8,13H,2-6H2,1H3,(H,11,15)(H,12,14). The van der Waals surface area contributed by atoms with Crippen molar-refractivity contribution in [1.82, 2.24) is 10.6 Å². The maximum atomic E-state index is 11.4. The number of aliphatic hydroxyl groups excluding tert-OH is 1. The second-order valence-corrected chi connectivity index (χ2v) is 3.94. The SMILES string of the molecule is CC(O)CCC(=O)NC1CCCNC1=O. The molecule has 1 fully saturated rings. The van der Waals surface area contributed by atoms with E-state index in [1.165, 1.54) is 0 Å². The number of piperidine rings is 1. The third-order valence-corrected chi connectivity index (χ3v) is 2.41. The molecule has 0 bridgehead atoms. The number of rotatable bonds is 4. The van der Waals surface area contributed by atoms with Crippen LogP contribution in [-0.2, 0) is 9.59 Å². The van der Waals surface area contributed by atoms with Gasteiger partial charge in [0.15, 0.2) is 0 Å². The van der Waals surface area contributed by atoms with Crippen molar-refractivity contribution >= 4 is 11.8 Å². The molecule has 0 spiro atoms. The van der Waals surface area contributed by atoms with Crippen LogP contribution in [0.15, 0.2) is 0 Å². The second kappa shape index (κ2) is 5.70. The zero-order valence-corrected chi connectivity index (χ0v) is 8.95. The summed E-state index contributed by atoms with van der Waals surface area (Å²) >= 11 is 0. The molecule has 0 aromatic heterocycles. The fraction of sp³-hybridized carbons (Fsp3) is 0.800. The summed E-state index contributed by atoms with van der Waals surface area (Å²) in [7, 11) is 0. The first-order valence-corrected chi connectivity index (χ1v) is 5.34. The third kappa shape index (κ3) is 4.29. The molecule has 2 atom stereocenters. The number of hydrogen-bond donors (Lipinski definition) is 3. The van der Waals surface area contributed by atoms with E-state index < -0.39 is 6.10 Å². The third-order valence-electron chi connectivity index (χ3n) is 2.41. The van der Waals surface area contributed by atoms with Crippen LogP contribution >= 0.6 is 0 Å². The summed E-state index contributed by atoms with van der Waals surface area (Å²) in [5, 5.41) is 14.4. The molecule has 15 heavy (non-hydrogen) atoms. The zero-order valence-electron chi connectivity index (χ0n) is 8.95. The van der Waals surface area contributed by atoms with Crippen LogP contribution in [0.1, 0.15) is 32.6 Å². The van der Waals surface area contributed by atoms with Gasteiger partial charge in [-0.15, -0.1) is 0 Å². The molecule has 2 amide bonds. The summed E-state index contributed by atoms with van der Waals surface area (Å²) in [6.07, 6.45) is 1.82. The molecule has 1 aliphatic heterocycles. The Labute approximate surface area is 89.2 Å². The minimum absolute atomic E-state index is 0.105. The largest absolute Gasteiger partial charge is 0.393 e. The number of nitrogens with one attached hydrogen (secondary N) is 2. The van der Waals surface area contributed by atoms with Gasteiger partial charge in [0.1, 0.15) is 6.04 Å². The van der Waals surface area contributed by atoms with Crippen LogP contribution in [0.25, 0.3) is 0 Å². The van der Waals surface area contributed by atoms with E-state index in [0.717, 1.165) is 6.42 Å². The molecule has 2 unspecified atom stereocenters. The van der Waals surface area contributed by atoms with Gasteiger partial charge in [0, 0.05) is 13.0 Å². The van der Waals surface area contributed by atoms with Gasteiger partial charge in [0.05, 0.1) is 6.10 Å². The van der Waals surface area contributed by atoms with Crippen LogP contribution in [-0.4, -0.2) is 35.6 Å². The quantitative estimate of drug-likeness (QED) is 0.592. The molecule has 0 aromatic carbocycles. The van der Waals surface area contributed by atoms with E-state index in [1.807, 2.05) is 0 Å². The zero-order chi connectivity index (χ0) is 11.3. The summed E-state index contributed by atoms with van der Waals surface area (Å²) in [4.78, 5) is 22.7. The Morgan fingerprint density at radius 3 is 3.07 bits per heavy atom. The van der Waals surface area contributed by atoms with Crippen molar-refractivity contribution in [2.45, 2.75) is 44.8 Å². The first-order chi connectivity index (χ1) is 7.09. The molecule has 1 saturated heterocycles. The minimum Gasteiger partial charge on any atom is -0.393 e. The maximum Gasteiger partial charge on any atom is 0.242 e. The van der Waals surface area contributed by atoms with Gasteiger partial charge in [-0.25, -0.2) is 0 Å². The molecule has 5 nitrogen and oxygen atoms in total. The predicted octanol–water partition coefficient (Wildman–Crippen LogP) is -0.458. The Balaban J connectivity index is 2.27. The molecular formula is C10H18N2O3. The van der Waals surface area contributed by atoms with Crippen LogP contribution in [0, 0.1) is 0 Å². The number of carbonyl (C=O) groups is 2. The van der Waals surface area contributed by atoms with E-state index in [4.69, 9.17) is 5.11 Å². The fourth-order valence-corrected chi connectivity index (χ4v) is 1.52. The van der Waals surface area contributed by atoms with Gasteiger partial charge in [-0.05, 0) is 26.2 Å². The summed E-state index contributed by atoms with van der Waals surface area (Å²) in [5.41, 5.74) is 0. The first-order valence-electron chi connectivity index (χ1n) is 5.34. The van der Waals surface area contributed by atoms with Crippen molar-refractivity contribution in [2.75, 3.05) is 6.54 Å². The average molecular weight is 214 g/mol. The van der Waals surface area contributed by atoms with Crippen LogP contribution in [0.5, 0.6) is 0 Å². The Morgan fingerprint density at radius 1 is 1.73 bits per heavy atom. The van der Waals surface area contributed by atoms with E-state index in [2.05, 4.69) is 10.6 Å². The summed E-state index contributed by atoms with van der Waals surface area (Å²) in [6.45, 7) is 2.33. The van der Waals surface area contributed by atoms with Gasteiger partial charge in [0.2, 0.25) is 11.8 Å². The van der Waals surface area contributed by atoms with Crippen molar-refractivity contribution in [2.24, 2.45) is 0 Å². The first kappa shape index (κ1) is 12.0. The molecule has 0 aliphatic carbocycles. The van der Waals surface area contributed by atoms with Crippen molar-refractivity contribution in [1.29, 1.82) is 0 Å². The highest BCUT2D eigenvalue weighted by atomic mass is 16.3. The highest BCUT2D eigenvalue weighted by Gasteiger charge is 2.23. The molecule has 0 aromatic rings. The lowest BCUT2D eigenvalue weighted by atomic mass is 10.1. The Kier molecular flexibility index (Phi) is 4.55. The van der Waals surface area contributed by atoms with Crippen LogP contribution in [0.4, 0.5) is 0 Å². The monoisotopic (exact) mass is 214 g/mol. The second-order valence-electron chi connectivity index (χ2n) is 3.94. The average Bonchev–Trinajstić information content (AvgIpc) is 2.18. The minimum atomic E-state index is -0.476. The van der Waals surface area contributed by atoms with E-state index in [9.17, 15) is 9.59 Å². The highest BCUT2D eigenvalue weighted by molar-refractivity contribution is 5.88. The van der Waals surface area contributed by atoms with Crippen molar-refractivity contribution in [3.63, 3.8) is 0 Å². The molecule has 1 aliphatic rings. The Hall–Kier alpha value is -1.10. The van der Waals surface area contributed by atoms with Crippen molar-refractivity contribution in [3.8, 4) is 0 Å². The lowest BCUT2D eigenvalue weighted by Crippen LogP contribution is -2.50. The number of carbonyl (C=O) groups excluding carboxylic acids is 2. The van der Waals surface area contributed by atoms with E-state index >= 15 is 0 Å². The predicted molar refractivity (Wildman–Crippen MR) is 55.1 cm³/mol. The fourth-order valence-electron chi connectivity index (χ4n) is 1.52. The van der Waals surface area contributed by atoms with Crippen LogP contribution in [0.3, 0.4) is 0 Å². The van der Waals surface area contributed by atoms with Gasteiger partial charge >= 0.3 is 0 Å². The number of aliphatic hydroxyl groups is 1. The topological polar surface area (TPSA) is 78.4 Å². The molecule has 3 N–H and O–H groups in total. The Bertz CT molecular complexity index is 241. The van der Waals surface area contributed by atoms with Crippen LogP contribution in [0.2, 0.25) is 0 Å². The lowest BCUT2D eigenvalue weighted by molar-refractivity contribution is -0.130. The van der Waals surface area contributed by atoms with Gasteiger partial charge in [-0.2, -0.15) is 0 Å². The molecule has 0 saturated carbocycles. The molecule has 5 heteroatoms. The summed E-state index contributed by atoms with van der Waals surface area (Å²) < 4.78 is 0. The summed E-state index contributed by atoms with van der Waals surface area (Å²) in [6, 6.07) is -0.389. The van der Waals surface area contributed by atoms with Gasteiger partial charge in [-0.1, -0.05) is 0 Å². The lowest BCUT2D eigenvalue weighted by Gasteiger charge is -2.22. The number of hydrogen-bond acceptors (Lipinski definition) is 3. The van der Waals surface area contributed by atoms with E-state index in [0.29, 0.717) is 19.4 Å². The molecular weight excluding hydrogens is 196 g/mol. The van der Waals surface area contributed by atoms with Gasteiger partial charge < -0.3 is 15.7 Å². The van der Waals surface area contributed by atoms with Gasteiger partial charge in [0.25, 0.3) is 0 Å². The molecule has 1 rings (SSSR count). The van der Waals surface area contributed by atoms with Crippen LogP contribution < -0.4 is 10.6 Å². The van der Waals surface area contributed by atoms with Crippen molar-refractivity contribution in [3.05, 3.63) is 0 Å². The summed E-state index contributed by atoms with van der Waals surface area (Å²) in [5.74, 6) is -0.274. The smallest absolute Gasteiger partial charge is 0.242 e. The number of amides is 2. The Morgan fingerprint density at radius 2 is 2.47 bits per heavy atom. The van der Waals surface area contributed by atoms with Gasteiger partial charge in [-0.3, -0.25) is 9.59 Å². The van der Waals surface area contributed by atoms with E-state index in [-0.39, 0.29) is 24.3 Å². The highest BCUT2D eigenvalue weighted by Crippen LogP contribution is 2.04. The maximum absolute atomic E-state index is 11.4. The molecule has 1 heterocycles. The van der Waals surface area contributed by atoms with Crippen molar-refractivity contribution < 1.29 is 14.7 Å².